The molecule has 0 radical (unpaired) electrons. The third kappa shape index (κ3) is 4.53. The molecule has 11 heteroatoms. The molecule has 226 valence electrons. The van der Waals surface area contributed by atoms with E-state index < -0.39 is 59.6 Å². The molecule has 1 fully saturated rings. The smallest absolute Gasteiger partial charge is 0.357 e. The second kappa shape index (κ2) is 10.7. The Balaban J connectivity index is 1.31. The molecule has 0 saturated heterocycles. The third-order valence-electron chi connectivity index (χ3n) is 9.19. The van der Waals surface area contributed by atoms with Gasteiger partial charge in [0.15, 0.2) is 17.6 Å². The first-order chi connectivity index (χ1) is 20.6. The van der Waals surface area contributed by atoms with E-state index in [-0.39, 0.29) is 18.1 Å². The number of rotatable bonds is 9. The highest BCUT2D eigenvalue weighted by Crippen LogP contribution is 2.67. The van der Waals surface area contributed by atoms with Crippen molar-refractivity contribution in [3.8, 4) is 11.5 Å². The van der Waals surface area contributed by atoms with E-state index in [2.05, 4.69) is 0 Å². The second-order valence-corrected chi connectivity index (χ2v) is 11.5. The molecule has 43 heavy (non-hydrogen) atoms. The lowest BCUT2D eigenvalue weighted by Crippen LogP contribution is -2.67. The molecule has 1 aliphatic heterocycles. The maximum absolute atomic E-state index is 13.8. The number of aliphatic carboxylic acids is 1. The van der Waals surface area contributed by atoms with Crippen molar-refractivity contribution in [3.05, 3.63) is 71.0 Å². The van der Waals surface area contributed by atoms with Crippen molar-refractivity contribution < 1.29 is 53.1 Å². The van der Waals surface area contributed by atoms with E-state index in [1.54, 1.807) is 43.5 Å². The number of carboxylic acids is 1. The molecule has 1 heterocycles. The zero-order valence-electron chi connectivity index (χ0n) is 23.7. The number of aliphatic hydroxyl groups is 1. The van der Waals surface area contributed by atoms with Crippen LogP contribution in [0.25, 0.3) is 0 Å². The Hall–Kier alpha value is -4.38. The van der Waals surface area contributed by atoms with Crippen molar-refractivity contribution in [2.75, 3.05) is 7.11 Å². The fourth-order valence-corrected chi connectivity index (χ4v) is 7.44. The molecule has 1 saturated carbocycles. The molecular formula is C32H32O11. The molecule has 0 unspecified atom stereocenters. The minimum atomic E-state index is -1.78. The maximum Gasteiger partial charge on any atom is 0.357 e. The van der Waals surface area contributed by atoms with Crippen molar-refractivity contribution in [3.63, 3.8) is 0 Å². The second-order valence-electron chi connectivity index (χ2n) is 11.5. The van der Waals surface area contributed by atoms with Crippen LogP contribution < -0.4 is 9.47 Å². The summed E-state index contributed by atoms with van der Waals surface area (Å²) in [6.45, 7) is 1.02. The van der Waals surface area contributed by atoms with Crippen LogP contribution in [0, 0.1) is 5.92 Å². The Morgan fingerprint density at radius 1 is 1.09 bits per heavy atom. The molecular weight excluding hydrogens is 560 g/mol. The van der Waals surface area contributed by atoms with Crippen molar-refractivity contribution >= 4 is 23.9 Å². The van der Waals surface area contributed by atoms with Crippen molar-refractivity contribution in [2.45, 2.75) is 74.8 Å². The summed E-state index contributed by atoms with van der Waals surface area (Å²) in [6.07, 6.45) is 0.00624. The van der Waals surface area contributed by atoms with E-state index in [4.69, 9.17) is 23.7 Å². The SMILES string of the molecule is COc1ccc2c3c1O[C@H]1C(OC(=O)[C@@H](OC(=O)C[C@H](OC(C)=O)C(=O)O)c4ccccc4)=CC[C@@]4(O)[C@H](CCC[C@]314)C2. The highest BCUT2D eigenvalue weighted by Gasteiger charge is 2.71. The average Bonchev–Trinajstić information content (AvgIpc) is 3.32. The van der Waals surface area contributed by atoms with Crippen LogP contribution in [-0.2, 0) is 45.2 Å². The van der Waals surface area contributed by atoms with Gasteiger partial charge in [0.05, 0.1) is 24.5 Å². The highest BCUT2D eigenvalue weighted by molar-refractivity contribution is 5.85. The van der Waals surface area contributed by atoms with Crippen LogP contribution >= 0.6 is 0 Å². The normalized spacial score (nSPS) is 27.4. The monoisotopic (exact) mass is 592 g/mol. The quantitative estimate of drug-likeness (QED) is 0.326. The summed E-state index contributed by atoms with van der Waals surface area (Å²) < 4.78 is 28.2. The summed E-state index contributed by atoms with van der Waals surface area (Å²) in [7, 11) is 1.55. The van der Waals surface area contributed by atoms with Gasteiger partial charge in [-0.2, -0.15) is 0 Å². The molecule has 6 rings (SSSR count). The van der Waals surface area contributed by atoms with Gasteiger partial charge in [-0.15, -0.1) is 0 Å². The summed E-state index contributed by atoms with van der Waals surface area (Å²) >= 11 is 0. The summed E-state index contributed by atoms with van der Waals surface area (Å²) in [5.41, 5.74) is 0.311. The fraction of sp³-hybridized carbons (Fsp3) is 0.438. The number of carboxylic acid groups (broad SMARTS) is 1. The van der Waals surface area contributed by atoms with Crippen LogP contribution in [0.3, 0.4) is 0 Å². The van der Waals surface area contributed by atoms with Gasteiger partial charge in [-0.1, -0.05) is 42.8 Å². The average molecular weight is 593 g/mol. The predicted molar refractivity (Wildman–Crippen MR) is 147 cm³/mol. The summed E-state index contributed by atoms with van der Waals surface area (Å²) in [6, 6.07) is 12.0. The predicted octanol–water partition coefficient (Wildman–Crippen LogP) is 3.30. The van der Waals surface area contributed by atoms with Gasteiger partial charge in [-0.05, 0) is 49.3 Å². The van der Waals surface area contributed by atoms with Gasteiger partial charge in [0.25, 0.3) is 0 Å². The molecule has 0 amide bonds. The molecule has 1 spiro atoms. The van der Waals surface area contributed by atoms with E-state index in [0.29, 0.717) is 29.9 Å². The minimum absolute atomic E-state index is 0.00474. The lowest BCUT2D eigenvalue weighted by molar-refractivity contribution is -0.176. The van der Waals surface area contributed by atoms with Gasteiger partial charge < -0.3 is 33.9 Å². The number of methoxy groups -OCH3 is 1. The number of ether oxygens (including phenoxy) is 5. The number of benzene rings is 2. The first kappa shape index (κ1) is 28.7. The van der Waals surface area contributed by atoms with Gasteiger partial charge in [0, 0.05) is 18.1 Å². The standard InChI is InChI=1S/C32H32O11/c1-17(33)40-23(29(35)36)16-24(34)42-26(18-7-4-3-5-8-18)30(37)41-22-12-14-32(38)20-9-6-13-31(32)25-19(15-20)10-11-21(39-2)27(25)43-28(22)31/h3-5,7-8,10-12,20,23,26,28,38H,6,9,13-16H2,1-2H3,(H,35,36)/t20-,23+,26+,28+,31+,32-/m1/s1. The summed E-state index contributed by atoms with van der Waals surface area (Å²) in [5.74, 6) is -3.16. The molecule has 0 aromatic heterocycles. The lowest BCUT2D eigenvalue weighted by atomic mass is 9.47. The number of carbonyl (C=O) groups is 4. The number of esters is 3. The molecule has 4 aliphatic rings. The molecule has 2 bridgehead atoms. The lowest BCUT2D eigenvalue weighted by Gasteiger charge is -2.59. The number of hydrogen-bond donors (Lipinski definition) is 2. The van der Waals surface area contributed by atoms with Gasteiger partial charge in [0.2, 0.25) is 12.2 Å². The van der Waals surface area contributed by atoms with Crippen LogP contribution in [-0.4, -0.2) is 59.0 Å². The van der Waals surface area contributed by atoms with E-state index in [9.17, 15) is 29.4 Å². The number of carbonyl (C=O) groups excluding carboxylic acids is 3. The Kier molecular flexibility index (Phi) is 7.16. The largest absolute Gasteiger partial charge is 0.493 e. The molecule has 11 nitrogen and oxygen atoms in total. The van der Waals surface area contributed by atoms with Crippen LogP contribution in [0.15, 0.2) is 54.3 Å². The van der Waals surface area contributed by atoms with Crippen LogP contribution in [0.1, 0.15) is 61.8 Å². The zero-order chi connectivity index (χ0) is 30.5. The van der Waals surface area contributed by atoms with Crippen molar-refractivity contribution in [1.29, 1.82) is 0 Å². The zero-order valence-corrected chi connectivity index (χ0v) is 23.7. The summed E-state index contributed by atoms with van der Waals surface area (Å²) in [5, 5.41) is 21.6. The summed E-state index contributed by atoms with van der Waals surface area (Å²) in [4.78, 5) is 49.4. The molecule has 3 aliphatic carbocycles. The first-order valence-corrected chi connectivity index (χ1v) is 14.2. The van der Waals surface area contributed by atoms with Gasteiger partial charge >= 0.3 is 23.9 Å². The minimum Gasteiger partial charge on any atom is -0.493 e. The molecule has 2 aromatic rings. The van der Waals surface area contributed by atoms with E-state index >= 15 is 0 Å². The third-order valence-corrected chi connectivity index (χ3v) is 9.19. The van der Waals surface area contributed by atoms with E-state index in [0.717, 1.165) is 30.9 Å². The van der Waals surface area contributed by atoms with Gasteiger partial charge in [-0.3, -0.25) is 9.59 Å². The van der Waals surface area contributed by atoms with E-state index in [1.807, 2.05) is 12.1 Å². The molecule has 2 aromatic carbocycles. The first-order valence-electron chi connectivity index (χ1n) is 14.2. The Bertz CT molecular complexity index is 1510. The van der Waals surface area contributed by atoms with Crippen LogP contribution in [0.5, 0.6) is 11.5 Å². The molecule has 6 atom stereocenters. The highest BCUT2D eigenvalue weighted by atomic mass is 16.6. The van der Waals surface area contributed by atoms with Crippen LogP contribution in [0.2, 0.25) is 0 Å². The Morgan fingerprint density at radius 3 is 2.56 bits per heavy atom. The van der Waals surface area contributed by atoms with Crippen LogP contribution in [0.4, 0.5) is 0 Å². The molecule has 2 N–H and O–H groups in total. The van der Waals surface area contributed by atoms with Gasteiger partial charge in [-0.25, -0.2) is 9.59 Å². The van der Waals surface area contributed by atoms with Crippen molar-refractivity contribution in [2.24, 2.45) is 5.92 Å². The van der Waals surface area contributed by atoms with Gasteiger partial charge in [0.1, 0.15) is 5.76 Å². The Labute approximate surface area is 247 Å². The maximum atomic E-state index is 13.8. The fourth-order valence-electron chi connectivity index (χ4n) is 7.44. The van der Waals surface area contributed by atoms with E-state index in [1.165, 1.54) is 0 Å². The topological polar surface area (TPSA) is 155 Å². The number of hydrogen-bond acceptors (Lipinski definition) is 10. The van der Waals surface area contributed by atoms with Crippen molar-refractivity contribution in [1.82, 2.24) is 0 Å². The Morgan fingerprint density at radius 2 is 1.86 bits per heavy atom.